The first-order valence-corrected chi connectivity index (χ1v) is 6.20. The number of ether oxygens (including phenoxy) is 1. The summed E-state index contributed by atoms with van der Waals surface area (Å²) in [6.07, 6.45) is 1.29. The van der Waals surface area contributed by atoms with Gasteiger partial charge in [0.25, 0.3) is 5.91 Å². The molecule has 1 N–H and O–H groups in total. The van der Waals surface area contributed by atoms with E-state index < -0.39 is 11.9 Å². The lowest BCUT2D eigenvalue weighted by Crippen LogP contribution is -2.15. The molecular formula is C13H9Cl2NO4. The third kappa shape index (κ3) is 2.95. The van der Waals surface area contributed by atoms with E-state index in [-0.39, 0.29) is 22.0 Å². The van der Waals surface area contributed by atoms with Crippen LogP contribution in [0.2, 0.25) is 10.2 Å². The van der Waals surface area contributed by atoms with Gasteiger partial charge in [-0.15, -0.1) is 0 Å². The molecule has 0 spiro atoms. The van der Waals surface area contributed by atoms with E-state index in [0.717, 1.165) is 0 Å². The predicted molar refractivity (Wildman–Crippen MR) is 74.5 cm³/mol. The van der Waals surface area contributed by atoms with Gasteiger partial charge in [0, 0.05) is 5.02 Å². The number of methoxy groups -OCH3 is 1. The van der Waals surface area contributed by atoms with Gasteiger partial charge in [0.05, 0.1) is 30.2 Å². The van der Waals surface area contributed by atoms with E-state index in [1.165, 1.54) is 31.6 Å². The average Bonchev–Trinajstić information content (AvgIpc) is 2.86. The number of esters is 1. The second-order valence-corrected chi connectivity index (χ2v) is 4.52. The molecule has 2 aromatic rings. The van der Waals surface area contributed by atoms with Gasteiger partial charge >= 0.3 is 5.97 Å². The molecule has 0 saturated heterocycles. The van der Waals surface area contributed by atoms with Gasteiger partial charge in [-0.3, -0.25) is 4.79 Å². The number of furan rings is 1. The maximum absolute atomic E-state index is 12.0. The molecule has 0 radical (unpaired) electrons. The predicted octanol–water partition coefficient (Wildman–Crippen LogP) is 3.63. The zero-order valence-electron chi connectivity index (χ0n) is 10.3. The lowest BCUT2D eigenvalue weighted by molar-refractivity contribution is 0.0602. The number of halogens is 2. The molecule has 1 heterocycles. The minimum atomic E-state index is -0.610. The highest BCUT2D eigenvalue weighted by molar-refractivity contribution is 6.33. The summed E-state index contributed by atoms with van der Waals surface area (Å²) >= 11 is 11.5. The van der Waals surface area contributed by atoms with Crippen LogP contribution in [0.5, 0.6) is 0 Å². The van der Waals surface area contributed by atoms with Crippen LogP contribution < -0.4 is 5.32 Å². The van der Waals surface area contributed by atoms with Crippen LogP contribution in [0.4, 0.5) is 5.69 Å². The molecule has 0 aliphatic rings. The molecule has 104 valence electrons. The summed E-state index contributed by atoms with van der Waals surface area (Å²) in [4.78, 5) is 23.6. The zero-order valence-corrected chi connectivity index (χ0v) is 11.8. The molecule has 0 bridgehead atoms. The highest BCUT2D eigenvalue weighted by Gasteiger charge is 2.18. The van der Waals surface area contributed by atoms with Crippen molar-refractivity contribution in [1.29, 1.82) is 0 Å². The molecular weight excluding hydrogens is 305 g/mol. The molecule has 0 saturated carbocycles. The van der Waals surface area contributed by atoms with Crippen molar-refractivity contribution in [2.24, 2.45) is 0 Å². The number of benzene rings is 1. The molecule has 1 aromatic carbocycles. The van der Waals surface area contributed by atoms with E-state index in [2.05, 4.69) is 10.1 Å². The van der Waals surface area contributed by atoms with Gasteiger partial charge < -0.3 is 14.5 Å². The van der Waals surface area contributed by atoms with Crippen LogP contribution in [0.1, 0.15) is 20.7 Å². The summed E-state index contributed by atoms with van der Waals surface area (Å²) in [5, 5.41) is 2.87. The molecule has 0 fully saturated rings. The molecule has 5 nitrogen and oxygen atoms in total. The minimum absolute atomic E-state index is 0.0314. The monoisotopic (exact) mass is 313 g/mol. The lowest BCUT2D eigenvalue weighted by atomic mass is 10.1. The van der Waals surface area contributed by atoms with Crippen molar-refractivity contribution in [3.8, 4) is 0 Å². The molecule has 7 heteroatoms. The number of anilines is 1. The lowest BCUT2D eigenvalue weighted by Gasteiger charge is -2.09. The van der Waals surface area contributed by atoms with E-state index in [9.17, 15) is 9.59 Å². The first-order chi connectivity index (χ1) is 9.52. The smallest absolute Gasteiger partial charge is 0.340 e. The third-order valence-corrected chi connectivity index (χ3v) is 3.03. The van der Waals surface area contributed by atoms with Crippen molar-refractivity contribution in [2.45, 2.75) is 0 Å². The van der Waals surface area contributed by atoms with Gasteiger partial charge in [-0.05, 0) is 35.9 Å². The molecule has 20 heavy (non-hydrogen) atoms. The molecule has 0 atom stereocenters. The van der Waals surface area contributed by atoms with Crippen molar-refractivity contribution < 1.29 is 18.7 Å². The van der Waals surface area contributed by atoms with Crippen LogP contribution in [0.15, 0.2) is 34.9 Å². The Bertz CT molecular complexity index is 666. The standard InChI is InChI=1S/C13H9Cl2NO4/c1-19-13(18)9-6-7(14)2-3-10(9)16-12(17)8-4-5-20-11(8)15/h2-6H,1H3,(H,16,17). The highest BCUT2D eigenvalue weighted by Crippen LogP contribution is 2.24. The fourth-order valence-corrected chi connectivity index (χ4v) is 1.92. The normalized spacial score (nSPS) is 10.2. The number of hydrogen-bond donors (Lipinski definition) is 1. The van der Waals surface area contributed by atoms with Crippen LogP contribution in [0.25, 0.3) is 0 Å². The van der Waals surface area contributed by atoms with Crippen molar-refractivity contribution >= 4 is 40.8 Å². The van der Waals surface area contributed by atoms with Crippen molar-refractivity contribution in [3.63, 3.8) is 0 Å². The Kier molecular flexibility index (Phi) is 4.32. The van der Waals surface area contributed by atoms with Gasteiger partial charge in [0.2, 0.25) is 5.22 Å². The van der Waals surface area contributed by atoms with Crippen LogP contribution in [0, 0.1) is 0 Å². The van der Waals surface area contributed by atoms with Crippen LogP contribution in [-0.2, 0) is 4.74 Å². The fraction of sp³-hybridized carbons (Fsp3) is 0.0769. The average molecular weight is 314 g/mol. The summed E-state index contributed by atoms with van der Waals surface area (Å²) in [5.41, 5.74) is 0.578. The second kappa shape index (κ2) is 5.98. The minimum Gasteiger partial charge on any atom is -0.465 e. The Morgan fingerprint density at radius 2 is 1.95 bits per heavy atom. The van der Waals surface area contributed by atoms with Crippen LogP contribution >= 0.6 is 23.2 Å². The second-order valence-electron chi connectivity index (χ2n) is 3.74. The maximum atomic E-state index is 12.0. The van der Waals surface area contributed by atoms with Gasteiger partial charge in [0.15, 0.2) is 0 Å². The van der Waals surface area contributed by atoms with Gasteiger partial charge in [-0.2, -0.15) is 0 Å². The molecule has 1 amide bonds. The maximum Gasteiger partial charge on any atom is 0.340 e. The van der Waals surface area contributed by atoms with Gasteiger partial charge in [0.1, 0.15) is 0 Å². The van der Waals surface area contributed by atoms with Crippen LogP contribution in [-0.4, -0.2) is 19.0 Å². The number of rotatable bonds is 3. The number of carbonyl (C=O) groups is 2. The quantitative estimate of drug-likeness (QED) is 0.879. The van der Waals surface area contributed by atoms with Crippen molar-refractivity contribution in [1.82, 2.24) is 0 Å². The first kappa shape index (κ1) is 14.4. The fourth-order valence-electron chi connectivity index (χ4n) is 1.55. The van der Waals surface area contributed by atoms with E-state index in [4.69, 9.17) is 27.6 Å². The summed E-state index contributed by atoms with van der Waals surface area (Å²) in [6, 6.07) is 5.87. The largest absolute Gasteiger partial charge is 0.465 e. The molecule has 0 unspecified atom stereocenters. The summed E-state index contributed by atoms with van der Waals surface area (Å²) in [6.45, 7) is 0. The Morgan fingerprint density at radius 3 is 2.55 bits per heavy atom. The zero-order chi connectivity index (χ0) is 14.7. The van der Waals surface area contributed by atoms with Gasteiger partial charge in [-0.25, -0.2) is 4.79 Å². The Labute approximate surface area is 124 Å². The summed E-state index contributed by atoms with van der Waals surface area (Å²) < 4.78 is 9.47. The highest BCUT2D eigenvalue weighted by atomic mass is 35.5. The molecule has 2 rings (SSSR count). The van der Waals surface area contributed by atoms with E-state index in [0.29, 0.717) is 5.02 Å². The Morgan fingerprint density at radius 1 is 1.20 bits per heavy atom. The summed E-state index contributed by atoms with van der Waals surface area (Å²) in [5.74, 6) is -1.11. The number of carbonyl (C=O) groups excluding carboxylic acids is 2. The SMILES string of the molecule is COC(=O)c1cc(Cl)ccc1NC(=O)c1ccoc1Cl. The number of amides is 1. The van der Waals surface area contributed by atoms with E-state index >= 15 is 0 Å². The molecule has 0 aliphatic heterocycles. The van der Waals surface area contributed by atoms with E-state index in [1.54, 1.807) is 6.07 Å². The van der Waals surface area contributed by atoms with Crippen molar-refractivity contribution in [3.05, 3.63) is 51.9 Å². The Hall–Kier alpha value is -1.98. The topological polar surface area (TPSA) is 68.5 Å². The van der Waals surface area contributed by atoms with Crippen LogP contribution in [0.3, 0.4) is 0 Å². The third-order valence-electron chi connectivity index (χ3n) is 2.50. The van der Waals surface area contributed by atoms with Crippen molar-refractivity contribution in [2.75, 3.05) is 12.4 Å². The Balaban J connectivity index is 2.32. The number of nitrogens with one attached hydrogen (secondary N) is 1. The summed E-state index contributed by atoms with van der Waals surface area (Å²) in [7, 11) is 1.24. The van der Waals surface area contributed by atoms with Gasteiger partial charge in [-0.1, -0.05) is 11.6 Å². The molecule has 0 aliphatic carbocycles. The number of hydrogen-bond acceptors (Lipinski definition) is 4. The molecule has 1 aromatic heterocycles. The first-order valence-electron chi connectivity index (χ1n) is 5.45. The van der Waals surface area contributed by atoms with E-state index in [1.807, 2.05) is 0 Å².